The molecule has 6 nitrogen and oxygen atoms in total. The summed E-state index contributed by atoms with van der Waals surface area (Å²) in [4.78, 5) is 32.3. The van der Waals surface area contributed by atoms with Gasteiger partial charge in [-0.3, -0.25) is 9.59 Å². The standard InChI is InChI=1S/C23H22N4O2/c1-16-3-7-18(8-4-16)20-21(26-13-11-25(2)12-14-26)23(29)27(22(20)28)19-9-5-17(15-24)6-10-19/h3-10H,11-14H2,1-2H3. The molecule has 0 spiro atoms. The van der Waals surface area contributed by atoms with Crippen molar-refractivity contribution in [2.45, 2.75) is 6.92 Å². The third kappa shape index (κ3) is 3.41. The number of hydrogen-bond donors (Lipinski definition) is 0. The number of benzene rings is 2. The molecule has 0 unspecified atom stereocenters. The van der Waals surface area contributed by atoms with E-state index in [1.54, 1.807) is 24.3 Å². The summed E-state index contributed by atoms with van der Waals surface area (Å²) >= 11 is 0. The Balaban J connectivity index is 1.79. The molecule has 1 fully saturated rings. The molecule has 6 heteroatoms. The second-order valence-corrected chi connectivity index (χ2v) is 7.48. The highest BCUT2D eigenvalue weighted by Gasteiger charge is 2.42. The number of carbonyl (C=O) groups is 2. The molecule has 2 aromatic carbocycles. The quantitative estimate of drug-likeness (QED) is 0.758. The van der Waals surface area contributed by atoms with Crippen molar-refractivity contribution in [3.05, 3.63) is 70.9 Å². The van der Waals surface area contributed by atoms with Crippen molar-refractivity contribution in [1.82, 2.24) is 9.80 Å². The number of piperazine rings is 1. The summed E-state index contributed by atoms with van der Waals surface area (Å²) in [5, 5.41) is 9.03. The van der Waals surface area contributed by atoms with Crippen molar-refractivity contribution < 1.29 is 9.59 Å². The Bertz CT molecular complexity index is 1020. The monoisotopic (exact) mass is 386 g/mol. The molecule has 0 N–H and O–H groups in total. The van der Waals surface area contributed by atoms with Gasteiger partial charge in [-0.25, -0.2) is 4.90 Å². The number of hydrogen-bond acceptors (Lipinski definition) is 5. The fraction of sp³-hybridized carbons (Fsp3) is 0.261. The second-order valence-electron chi connectivity index (χ2n) is 7.48. The van der Waals surface area contributed by atoms with Gasteiger partial charge in [-0.2, -0.15) is 5.26 Å². The predicted molar refractivity (Wildman–Crippen MR) is 111 cm³/mol. The van der Waals surface area contributed by atoms with E-state index >= 15 is 0 Å². The molecule has 2 aromatic rings. The summed E-state index contributed by atoms with van der Waals surface area (Å²) in [5.74, 6) is -0.627. The van der Waals surface area contributed by atoms with E-state index in [9.17, 15) is 9.59 Å². The molecule has 29 heavy (non-hydrogen) atoms. The number of imide groups is 1. The average molecular weight is 386 g/mol. The molecule has 146 valence electrons. The van der Waals surface area contributed by atoms with Gasteiger partial charge in [-0.15, -0.1) is 0 Å². The Morgan fingerprint density at radius 1 is 0.862 bits per heavy atom. The van der Waals surface area contributed by atoms with Crippen LogP contribution < -0.4 is 4.90 Å². The first-order valence-corrected chi connectivity index (χ1v) is 9.63. The predicted octanol–water partition coefficient (Wildman–Crippen LogP) is 2.40. The maximum Gasteiger partial charge on any atom is 0.282 e. The van der Waals surface area contributed by atoms with E-state index in [-0.39, 0.29) is 11.8 Å². The van der Waals surface area contributed by atoms with Crippen LogP contribution in [0.1, 0.15) is 16.7 Å². The molecule has 4 rings (SSSR count). The van der Waals surface area contributed by atoms with Crippen molar-refractivity contribution in [3.8, 4) is 6.07 Å². The Kier molecular flexibility index (Phi) is 4.91. The summed E-state index contributed by atoms with van der Waals surface area (Å²) in [7, 11) is 2.05. The lowest BCUT2D eigenvalue weighted by atomic mass is 10.0. The van der Waals surface area contributed by atoms with E-state index in [4.69, 9.17) is 5.26 Å². The van der Waals surface area contributed by atoms with Crippen LogP contribution in [0.3, 0.4) is 0 Å². The lowest BCUT2D eigenvalue weighted by Gasteiger charge is -2.34. The van der Waals surface area contributed by atoms with Crippen LogP contribution in [0.5, 0.6) is 0 Å². The first-order valence-electron chi connectivity index (χ1n) is 9.63. The summed E-state index contributed by atoms with van der Waals surface area (Å²) in [6.07, 6.45) is 0. The number of amides is 2. The number of likely N-dealkylation sites (N-methyl/N-ethyl adjacent to an activating group) is 1. The van der Waals surface area contributed by atoms with E-state index in [1.807, 2.05) is 36.1 Å². The zero-order valence-electron chi connectivity index (χ0n) is 16.6. The highest BCUT2D eigenvalue weighted by Crippen LogP contribution is 2.35. The average Bonchev–Trinajstić information content (AvgIpc) is 2.99. The number of nitrogens with zero attached hydrogens (tertiary/aromatic N) is 4. The van der Waals surface area contributed by atoms with E-state index in [1.165, 1.54) is 4.90 Å². The molecule has 0 bridgehead atoms. The van der Waals surface area contributed by atoms with E-state index in [2.05, 4.69) is 18.0 Å². The molecule has 0 aromatic heterocycles. The van der Waals surface area contributed by atoms with Gasteiger partial charge in [0.2, 0.25) is 0 Å². The lowest BCUT2D eigenvalue weighted by Crippen LogP contribution is -2.46. The molecule has 0 aliphatic carbocycles. The zero-order valence-corrected chi connectivity index (χ0v) is 16.6. The number of nitriles is 1. The number of anilines is 1. The van der Waals surface area contributed by atoms with Gasteiger partial charge < -0.3 is 9.80 Å². The van der Waals surface area contributed by atoms with Gasteiger partial charge in [0.05, 0.1) is 22.9 Å². The third-order valence-electron chi connectivity index (χ3n) is 5.47. The van der Waals surface area contributed by atoms with E-state index in [0.717, 1.165) is 24.2 Å². The summed E-state index contributed by atoms with van der Waals surface area (Å²) in [6, 6.07) is 16.3. The summed E-state index contributed by atoms with van der Waals surface area (Å²) in [5.41, 5.74) is 3.72. The van der Waals surface area contributed by atoms with Crippen LogP contribution >= 0.6 is 0 Å². The minimum absolute atomic E-state index is 0.306. The molecule has 0 atom stereocenters. The molecular formula is C23H22N4O2. The van der Waals surface area contributed by atoms with Crippen molar-refractivity contribution in [1.29, 1.82) is 5.26 Å². The fourth-order valence-electron chi connectivity index (χ4n) is 3.74. The van der Waals surface area contributed by atoms with Gasteiger partial charge in [0, 0.05) is 26.2 Å². The zero-order chi connectivity index (χ0) is 20.5. The Hall–Kier alpha value is -3.43. The van der Waals surface area contributed by atoms with Crippen LogP contribution in [0.4, 0.5) is 5.69 Å². The summed E-state index contributed by atoms with van der Waals surface area (Å²) in [6.45, 7) is 5.05. The molecule has 2 amide bonds. The maximum atomic E-state index is 13.4. The molecular weight excluding hydrogens is 364 g/mol. The molecule has 0 radical (unpaired) electrons. The normalized spacial score (nSPS) is 17.8. The van der Waals surface area contributed by atoms with Crippen molar-refractivity contribution in [2.24, 2.45) is 0 Å². The minimum atomic E-state index is -0.322. The number of carbonyl (C=O) groups excluding carboxylic acids is 2. The van der Waals surface area contributed by atoms with Gasteiger partial charge in [0.1, 0.15) is 5.70 Å². The van der Waals surface area contributed by atoms with Gasteiger partial charge >= 0.3 is 0 Å². The maximum absolute atomic E-state index is 13.4. The van der Waals surface area contributed by atoms with E-state index in [0.29, 0.717) is 35.6 Å². The highest BCUT2D eigenvalue weighted by molar-refractivity contribution is 6.45. The summed E-state index contributed by atoms with van der Waals surface area (Å²) < 4.78 is 0. The molecule has 2 aliphatic rings. The van der Waals surface area contributed by atoms with Gasteiger partial charge in [0.15, 0.2) is 0 Å². The molecule has 2 heterocycles. The second kappa shape index (κ2) is 7.53. The smallest absolute Gasteiger partial charge is 0.282 e. The van der Waals surface area contributed by atoms with Crippen LogP contribution in [-0.4, -0.2) is 54.8 Å². The van der Waals surface area contributed by atoms with Crippen molar-refractivity contribution in [3.63, 3.8) is 0 Å². The van der Waals surface area contributed by atoms with Crippen molar-refractivity contribution >= 4 is 23.1 Å². The molecule has 1 saturated heterocycles. The largest absolute Gasteiger partial charge is 0.364 e. The van der Waals surface area contributed by atoms with Crippen LogP contribution in [0.2, 0.25) is 0 Å². The number of aryl methyl sites for hydroxylation is 1. The fourth-order valence-corrected chi connectivity index (χ4v) is 3.74. The van der Waals surface area contributed by atoms with Crippen LogP contribution in [0.25, 0.3) is 5.57 Å². The third-order valence-corrected chi connectivity index (χ3v) is 5.47. The van der Waals surface area contributed by atoms with Crippen molar-refractivity contribution in [2.75, 3.05) is 38.1 Å². The highest BCUT2D eigenvalue weighted by atomic mass is 16.2. The van der Waals surface area contributed by atoms with Gasteiger partial charge in [0.25, 0.3) is 11.8 Å². The first-order chi connectivity index (χ1) is 14.0. The van der Waals surface area contributed by atoms with Crippen LogP contribution in [0.15, 0.2) is 54.2 Å². The Labute approximate surface area is 170 Å². The molecule has 0 saturated carbocycles. The lowest BCUT2D eigenvalue weighted by molar-refractivity contribution is -0.120. The van der Waals surface area contributed by atoms with Gasteiger partial charge in [-0.1, -0.05) is 29.8 Å². The first kappa shape index (κ1) is 18.9. The van der Waals surface area contributed by atoms with Gasteiger partial charge in [-0.05, 0) is 43.8 Å². The minimum Gasteiger partial charge on any atom is -0.364 e. The topological polar surface area (TPSA) is 67.7 Å². The van der Waals surface area contributed by atoms with Crippen LogP contribution in [-0.2, 0) is 9.59 Å². The van der Waals surface area contributed by atoms with E-state index < -0.39 is 0 Å². The Morgan fingerprint density at radius 2 is 1.48 bits per heavy atom. The SMILES string of the molecule is Cc1ccc(C2=C(N3CCN(C)CC3)C(=O)N(c3ccc(C#N)cc3)C2=O)cc1. The van der Waals surface area contributed by atoms with Crippen LogP contribution in [0, 0.1) is 18.3 Å². The number of rotatable bonds is 3. The Morgan fingerprint density at radius 3 is 2.07 bits per heavy atom. The molecule has 2 aliphatic heterocycles.